The summed E-state index contributed by atoms with van der Waals surface area (Å²) in [6.07, 6.45) is -3.25. The minimum absolute atomic E-state index is 0. The first kappa shape index (κ1) is 14.4. The molecular formula is C10H14F3N3. The van der Waals surface area contributed by atoms with Crippen LogP contribution in [0.4, 0.5) is 13.2 Å². The lowest BCUT2D eigenvalue weighted by Gasteiger charge is -2.08. The van der Waals surface area contributed by atoms with Crippen LogP contribution in [0, 0.1) is 0 Å². The zero-order chi connectivity index (χ0) is 11.5. The van der Waals surface area contributed by atoms with Crippen LogP contribution in [0.2, 0.25) is 0 Å². The largest absolute Gasteiger partial charge is 0.416 e. The first-order valence-corrected chi connectivity index (χ1v) is 4.17. The summed E-state index contributed by atoms with van der Waals surface area (Å²) in [6, 6.07) is 1.88. The maximum atomic E-state index is 12.4. The second-order valence-electron chi connectivity index (χ2n) is 2.75. The lowest BCUT2D eigenvalue weighted by molar-refractivity contribution is -0.137. The second kappa shape index (κ2) is 5.48. The smallest absolute Gasteiger partial charge is 0.372 e. The van der Waals surface area contributed by atoms with Crippen molar-refractivity contribution in [1.82, 2.24) is 10.3 Å². The fourth-order valence-electron chi connectivity index (χ4n) is 1.09. The Morgan fingerprint density at radius 2 is 2.06 bits per heavy atom. The Kier molecular flexibility index (Phi) is 4.94. The molecule has 0 aliphatic heterocycles. The van der Waals surface area contributed by atoms with Crippen LogP contribution in [0.25, 0.3) is 0 Å². The van der Waals surface area contributed by atoms with Gasteiger partial charge in [0.2, 0.25) is 0 Å². The average Bonchev–Trinajstić information content (AvgIpc) is 2.19. The number of alkyl halides is 3. The highest BCUT2D eigenvalue weighted by Gasteiger charge is 2.30. The van der Waals surface area contributed by atoms with Crippen molar-refractivity contribution in [2.24, 2.45) is 4.99 Å². The molecule has 0 atom stereocenters. The second-order valence-corrected chi connectivity index (χ2v) is 2.75. The van der Waals surface area contributed by atoms with Crippen LogP contribution in [0.3, 0.4) is 0 Å². The Bertz CT molecular complexity index is 372. The molecule has 0 amide bonds. The van der Waals surface area contributed by atoms with E-state index in [1.807, 2.05) is 0 Å². The van der Waals surface area contributed by atoms with Crippen LogP contribution in [0.1, 0.15) is 18.7 Å². The van der Waals surface area contributed by atoms with E-state index < -0.39 is 11.7 Å². The minimum Gasteiger partial charge on any atom is -0.372 e. The molecule has 1 N–H and O–H groups in total. The Hall–Kier alpha value is -1.59. The van der Waals surface area contributed by atoms with Crippen molar-refractivity contribution in [2.75, 3.05) is 14.1 Å². The number of nitrogens with one attached hydrogen (secondary N) is 1. The molecule has 16 heavy (non-hydrogen) atoms. The molecule has 1 aromatic rings. The normalized spacial score (nSPS) is 11.9. The summed E-state index contributed by atoms with van der Waals surface area (Å²) in [5.41, 5.74) is -0.557. The van der Waals surface area contributed by atoms with Crippen LogP contribution < -0.4 is 5.32 Å². The van der Waals surface area contributed by atoms with Crippen LogP contribution in [0.15, 0.2) is 23.3 Å². The SMILES string of the molecule is C.CN=C(NC)c1cc(C(F)(F)F)ccn1. The van der Waals surface area contributed by atoms with Gasteiger partial charge in [-0.1, -0.05) is 7.43 Å². The summed E-state index contributed by atoms with van der Waals surface area (Å²) in [6.45, 7) is 0. The monoisotopic (exact) mass is 233 g/mol. The molecule has 0 saturated carbocycles. The van der Waals surface area contributed by atoms with Gasteiger partial charge >= 0.3 is 6.18 Å². The summed E-state index contributed by atoms with van der Waals surface area (Å²) in [5.74, 6) is 0.320. The number of amidine groups is 1. The Labute approximate surface area is 92.4 Å². The molecule has 0 aliphatic carbocycles. The van der Waals surface area contributed by atoms with E-state index >= 15 is 0 Å². The van der Waals surface area contributed by atoms with E-state index in [1.165, 1.54) is 7.05 Å². The van der Waals surface area contributed by atoms with Gasteiger partial charge in [-0.25, -0.2) is 0 Å². The molecule has 3 nitrogen and oxygen atoms in total. The third kappa shape index (κ3) is 3.22. The van der Waals surface area contributed by atoms with Gasteiger partial charge in [-0.2, -0.15) is 13.2 Å². The van der Waals surface area contributed by atoms with Crippen molar-refractivity contribution in [3.63, 3.8) is 0 Å². The van der Waals surface area contributed by atoms with Gasteiger partial charge in [0.05, 0.1) is 5.56 Å². The first-order chi connectivity index (χ1) is 6.99. The van der Waals surface area contributed by atoms with Gasteiger partial charge in [0.1, 0.15) is 11.5 Å². The number of hydrogen-bond donors (Lipinski definition) is 1. The van der Waals surface area contributed by atoms with Gasteiger partial charge in [-0.15, -0.1) is 0 Å². The molecule has 0 unspecified atom stereocenters. The van der Waals surface area contributed by atoms with Crippen LogP contribution in [-0.4, -0.2) is 24.9 Å². The quantitative estimate of drug-likeness (QED) is 0.597. The molecule has 0 spiro atoms. The maximum Gasteiger partial charge on any atom is 0.416 e. The lowest BCUT2D eigenvalue weighted by Crippen LogP contribution is -2.21. The van der Waals surface area contributed by atoms with Gasteiger partial charge in [-0.05, 0) is 12.1 Å². The maximum absolute atomic E-state index is 12.4. The standard InChI is InChI=1S/C9H10F3N3.CH4/c1-13-8(14-2)7-5-6(3-4-15-7)9(10,11)12;/h3-5H,1-2H3,(H,13,14);1H4. The predicted octanol–water partition coefficient (Wildman–Crippen LogP) is 2.33. The third-order valence-electron chi connectivity index (χ3n) is 1.79. The Balaban J connectivity index is 0.00000225. The van der Waals surface area contributed by atoms with Crippen molar-refractivity contribution in [3.8, 4) is 0 Å². The van der Waals surface area contributed by atoms with Crippen molar-refractivity contribution in [3.05, 3.63) is 29.6 Å². The molecule has 1 rings (SSSR count). The van der Waals surface area contributed by atoms with Crippen LogP contribution in [0.5, 0.6) is 0 Å². The predicted molar refractivity (Wildman–Crippen MR) is 57.5 cm³/mol. The fourth-order valence-corrected chi connectivity index (χ4v) is 1.09. The molecular weight excluding hydrogens is 219 g/mol. The van der Waals surface area contributed by atoms with E-state index in [1.54, 1.807) is 7.05 Å². The van der Waals surface area contributed by atoms with Gasteiger partial charge in [0, 0.05) is 20.3 Å². The highest BCUT2D eigenvalue weighted by molar-refractivity contribution is 5.96. The summed E-state index contributed by atoms with van der Waals surface area (Å²) < 4.78 is 37.1. The number of aliphatic imine (C=N–C) groups is 1. The van der Waals surface area contributed by atoms with Gasteiger partial charge in [-0.3, -0.25) is 9.98 Å². The summed E-state index contributed by atoms with van der Waals surface area (Å²) in [4.78, 5) is 7.58. The number of rotatable bonds is 1. The van der Waals surface area contributed by atoms with E-state index in [0.717, 1.165) is 18.3 Å². The van der Waals surface area contributed by atoms with Crippen molar-refractivity contribution >= 4 is 5.84 Å². The summed E-state index contributed by atoms with van der Waals surface area (Å²) in [5, 5.41) is 2.67. The van der Waals surface area contributed by atoms with E-state index in [4.69, 9.17) is 0 Å². The highest BCUT2D eigenvalue weighted by atomic mass is 19.4. The van der Waals surface area contributed by atoms with E-state index in [9.17, 15) is 13.2 Å². The van der Waals surface area contributed by atoms with Gasteiger partial charge in [0.25, 0.3) is 0 Å². The Morgan fingerprint density at radius 3 is 2.50 bits per heavy atom. The molecule has 0 aliphatic rings. The fraction of sp³-hybridized carbons (Fsp3) is 0.400. The zero-order valence-corrected chi connectivity index (χ0v) is 8.26. The third-order valence-corrected chi connectivity index (χ3v) is 1.79. The molecule has 0 saturated heterocycles. The average molecular weight is 233 g/mol. The summed E-state index contributed by atoms with van der Waals surface area (Å²) in [7, 11) is 3.05. The van der Waals surface area contributed by atoms with Gasteiger partial charge in [0.15, 0.2) is 0 Å². The number of hydrogen-bond acceptors (Lipinski definition) is 2. The number of aromatic nitrogens is 1. The first-order valence-electron chi connectivity index (χ1n) is 4.17. The molecule has 1 heterocycles. The van der Waals surface area contributed by atoms with Crippen molar-refractivity contribution < 1.29 is 13.2 Å². The molecule has 0 radical (unpaired) electrons. The molecule has 0 bridgehead atoms. The Morgan fingerprint density at radius 1 is 1.44 bits per heavy atom. The molecule has 1 aromatic heterocycles. The molecule has 6 heteroatoms. The van der Waals surface area contributed by atoms with Crippen molar-refractivity contribution in [2.45, 2.75) is 13.6 Å². The van der Waals surface area contributed by atoms with Crippen LogP contribution >= 0.6 is 0 Å². The van der Waals surface area contributed by atoms with E-state index in [0.29, 0.717) is 5.84 Å². The molecule has 90 valence electrons. The summed E-state index contributed by atoms with van der Waals surface area (Å²) >= 11 is 0. The zero-order valence-electron chi connectivity index (χ0n) is 8.26. The number of halogens is 3. The minimum atomic E-state index is -4.36. The van der Waals surface area contributed by atoms with Crippen LogP contribution in [-0.2, 0) is 6.18 Å². The van der Waals surface area contributed by atoms with Crippen molar-refractivity contribution in [1.29, 1.82) is 0 Å². The van der Waals surface area contributed by atoms with E-state index in [2.05, 4.69) is 15.3 Å². The molecule has 0 fully saturated rings. The lowest BCUT2D eigenvalue weighted by atomic mass is 10.2. The molecule has 0 aromatic carbocycles. The highest BCUT2D eigenvalue weighted by Crippen LogP contribution is 2.28. The number of pyridine rings is 1. The van der Waals surface area contributed by atoms with E-state index in [-0.39, 0.29) is 13.1 Å². The topological polar surface area (TPSA) is 37.3 Å². The number of nitrogens with zero attached hydrogens (tertiary/aromatic N) is 2. The van der Waals surface area contributed by atoms with Gasteiger partial charge < -0.3 is 5.32 Å².